The first-order valence-corrected chi connectivity index (χ1v) is 7.95. The van der Waals surface area contributed by atoms with Crippen LogP contribution in [0.2, 0.25) is 0 Å². The van der Waals surface area contributed by atoms with Crippen LogP contribution in [0.25, 0.3) is 0 Å². The lowest BCUT2D eigenvalue weighted by molar-refractivity contribution is 0.0691. The third-order valence-corrected chi connectivity index (χ3v) is 5.44. The van der Waals surface area contributed by atoms with Crippen molar-refractivity contribution in [1.29, 1.82) is 0 Å². The number of aromatic carboxylic acids is 1. The molecule has 0 radical (unpaired) electrons. The van der Waals surface area contributed by atoms with Crippen molar-refractivity contribution in [3.05, 3.63) is 18.0 Å². The molecule has 0 saturated carbocycles. The van der Waals surface area contributed by atoms with E-state index in [4.69, 9.17) is 10.2 Å². The molecule has 2 heterocycles. The summed E-state index contributed by atoms with van der Waals surface area (Å²) in [5.74, 6) is -1.19. The van der Waals surface area contributed by atoms with Gasteiger partial charge in [0.1, 0.15) is 10.6 Å². The Bertz CT molecular complexity index is 580. The van der Waals surface area contributed by atoms with Crippen LogP contribution in [0.5, 0.6) is 0 Å². The Morgan fingerprint density at radius 2 is 2.25 bits per heavy atom. The fourth-order valence-corrected chi connectivity index (χ4v) is 4.24. The molecule has 0 aromatic carbocycles. The first-order chi connectivity index (χ1) is 9.46. The summed E-state index contributed by atoms with van der Waals surface area (Å²) in [7, 11) is -3.67. The number of hydrogen-bond acceptors (Lipinski definition) is 4. The van der Waals surface area contributed by atoms with Crippen molar-refractivity contribution in [2.45, 2.75) is 36.6 Å². The number of hydrogen-bond donors (Lipinski definition) is 3. The predicted molar refractivity (Wildman–Crippen MR) is 71.0 cm³/mol. The van der Waals surface area contributed by atoms with Gasteiger partial charge in [-0.2, -0.15) is 4.31 Å². The number of rotatable bonds is 6. The van der Waals surface area contributed by atoms with E-state index in [0.717, 1.165) is 18.9 Å². The van der Waals surface area contributed by atoms with Crippen LogP contribution in [0.4, 0.5) is 0 Å². The highest BCUT2D eigenvalue weighted by Gasteiger charge is 2.35. The smallest absolute Gasteiger partial charge is 0.352 e. The van der Waals surface area contributed by atoms with Crippen molar-refractivity contribution in [1.82, 2.24) is 9.29 Å². The summed E-state index contributed by atoms with van der Waals surface area (Å²) in [5, 5.41) is 17.7. The zero-order valence-electron chi connectivity index (χ0n) is 10.9. The number of carboxylic acids is 1. The highest BCUT2D eigenvalue weighted by atomic mass is 32.2. The van der Waals surface area contributed by atoms with Gasteiger partial charge in [-0.05, 0) is 31.7 Å². The van der Waals surface area contributed by atoms with Gasteiger partial charge in [0.25, 0.3) is 0 Å². The lowest BCUT2D eigenvalue weighted by Gasteiger charge is -2.23. The summed E-state index contributed by atoms with van der Waals surface area (Å²) in [4.78, 5) is 13.2. The average Bonchev–Trinajstić information content (AvgIpc) is 3.05. The quantitative estimate of drug-likeness (QED) is 0.714. The van der Waals surface area contributed by atoms with Gasteiger partial charge in [-0.25, -0.2) is 13.2 Å². The molecule has 0 spiro atoms. The van der Waals surface area contributed by atoms with Crippen molar-refractivity contribution in [3.8, 4) is 0 Å². The topological polar surface area (TPSA) is 111 Å². The molecule has 112 valence electrons. The van der Waals surface area contributed by atoms with Crippen LogP contribution in [-0.4, -0.2) is 53.1 Å². The van der Waals surface area contributed by atoms with Crippen LogP contribution in [0.3, 0.4) is 0 Å². The molecule has 1 aromatic rings. The van der Waals surface area contributed by atoms with Crippen LogP contribution in [0.1, 0.15) is 36.2 Å². The zero-order chi connectivity index (χ0) is 14.8. The van der Waals surface area contributed by atoms with Gasteiger partial charge in [-0.15, -0.1) is 0 Å². The number of aromatic nitrogens is 1. The fraction of sp³-hybridized carbons (Fsp3) is 0.583. The van der Waals surface area contributed by atoms with Gasteiger partial charge in [-0.1, -0.05) is 0 Å². The summed E-state index contributed by atoms with van der Waals surface area (Å²) in [6.07, 6.45) is 3.94. The van der Waals surface area contributed by atoms with E-state index in [-0.39, 0.29) is 23.2 Å². The maximum atomic E-state index is 12.5. The largest absolute Gasteiger partial charge is 0.477 e. The van der Waals surface area contributed by atoms with Gasteiger partial charge in [0, 0.05) is 25.4 Å². The summed E-state index contributed by atoms with van der Waals surface area (Å²) >= 11 is 0. The van der Waals surface area contributed by atoms with E-state index >= 15 is 0 Å². The van der Waals surface area contributed by atoms with Crippen molar-refractivity contribution >= 4 is 16.0 Å². The van der Waals surface area contributed by atoms with Crippen LogP contribution in [0, 0.1) is 0 Å². The first-order valence-electron chi connectivity index (χ1n) is 6.51. The van der Waals surface area contributed by atoms with Crippen LogP contribution in [-0.2, 0) is 10.0 Å². The maximum absolute atomic E-state index is 12.5. The Labute approximate surface area is 117 Å². The van der Waals surface area contributed by atoms with E-state index in [1.807, 2.05) is 0 Å². The summed E-state index contributed by atoms with van der Waals surface area (Å²) in [6.45, 7) is 0.476. The molecule has 7 nitrogen and oxygen atoms in total. The number of nitrogens with one attached hydrogen (secondary N) is 1. The predicted octanol–water partition coefficient (Wildman–Crippen LogP) is 0.638. The van der Waals surface area contributed by atoms with Crippen LogP contribution in [0.15, 0.2) is 17.2 Å². The van der Waals surface area contributed by atoms with Crippen LogP contribution >= 0.6 is 0 Å². The average molecular weight is 302 g/mol. The van der Waals surface area contributed by atoms with E-state index in [0.29, 0.717) is 19.4 Å². The Hall–Kier alpha value is -1.38. The van der Waals surface area contributed by atoms with Crippen LogP contribution < -0.4 is 0 Å². The van der Waals surface area contributed by atoms with Gasteiger partial charge in [0.2, 0.25) is 10.0 Å². The van der Waals surface area contributed by atoms with E-state index in [1.165, 1.54) is 10.5 Å². The fourth-order valence-electron chi connectivity index (χ4n) is 2.52. The second-order valence-corrected chi connectivity index (χ2v) is 6.72. The SMILES string of the molecule is O=C(O)c1cc(S(=O)(=O)N2CCCC2CCCO)c[nH]1. The number of carbonyl (C=O) groups is 1. The molecule has 8 heteroatoms. The van der Waals surface area contributed by atoms with Crippen molar-refractivity contribution < 1.29 is 23.4 Å². The molecule has 1 aliphatic rings. The maximum Gasteiger partial charge on any atom is 0.352 e. The van der Waals surface area contributed by atoms with E-state index in [9.17, 15) is 13.2 Å². The molecular weight excluding hydrogens is 284 g/mol. The Morgan fingerprint density at radius 3 is 2.85 bits per heavy atom. The highest BCUT2D eigenvalue weighted by Crippen LogP contribution is 2.28. The molecule has 2 rings (SSSR count). The molecule has 3 N–H and O–H groups in total. The second kappa shape index (κ2) is 5.94. The minimum absolute atomic E-state index is 0.0224. The number of nitrogens with zero attached hydrogens (tertiary/aromatic N) is 1. The van der Waals surface area contributed by atoms with Crippen molar-refractivity contribution in [3.63, 3.8) is 0 Å². The van der Waals surface area contributed by atoms with Crippen molar-refractivity contribution in [2.75, 3.05) is 13.2 Å². The Kier molecular flexibility index (Phi) is 4.46. The molecule has 1 unspecified atom stereocenters. The number of aliphatic hydroxyl groups is 1. The number of carboxylic acid groups (broad SMARTS) is 1. The van der Waals surface area contributed by atoms with Gasteiger partial charge >= 0.3 is 5.97 Å². The molecule has 0 aliphatic carbocycles. The number of aromatic amines is 1. The monoisotopic (exact) mass is 302 g/mol. The van der Waals surface area contributed by atoms with E-state index in [1.54, 1.807) is 0 Å². The minimum Gasteiger partial charge on any atom is -0.477 e. The molecule has 1 saturated heterocycles. The van der Waals surface area contributed by atoms with Gasteiger partial charge in [0.05, 0.1) is 0 Å². The minimum atomic E-state index is -3.67. The van der Waals surface area contributed by atoms with Gasteiger partial charge in [0.15, 0.2) is 0 Å². The molecule has 1 aliphatic heterocycles. The number of aliphatic hydroxyl groups excluding tert-OH is 1. The van der Waals surface area contributed by atoms with Gasteiger partial charge < -0.3 is 15.2 Å². The van der Waals surface area contributed by atoms with Crippen molar-refractivity contribution in [2.24, 2.45) is 0 Å². The molecular formula is C12H18N2O5S. The molecule has 0 amide bonds. The molecule has 1 aromatic heterocycles. The standard InChI is InChI=1S/C12H18N2O5S/c15-6-2-4-9-3-1-5-14(9)20(18,19)10-7-11(12(16)17)13-8-10/h7-9,13,15H,1-6H2,(H,16,17). The third-order valence-electron chi connectivity index (χ3n) is 3.51. The molecule has 0 bridgehead atoms. The molecule has 20 heavy (non-hydrogen) atoms. The first kappa shape index (κ1) is 15.0. The Balaban J connectivity index is 2.22. The third kappa shape index (κ3) is 2.87. The summed E-state index contributed by atoms with van der Waals surface area (Å²) < 4.78 is 26.4. The second-order valence-electron chi connectivity index (χ2n) is 4.83. The molecule has 1 atom stereocenters. The highest BCUT2D eigenvalue weighted by molar-refractivity contribution is 7.89. The normalized spacial score (nSPS) is 20.4. The van der Waals surface area contributed by atoms with E-state index in [2.05, 4.69) is 4.98 Å². The molecule has 1 fully saturated rings. The lowest BCUT2D eigenvalue weighted by Crippen LogP contribution is -2.35. The number of H-pyrrole nitrogens is 1. The lowest BCUT2D eigenvalue weighted by atomic mass is 10.1. The number of sulfonamides is 1. The Morgan fingerprint density at radius 1 is 1.50 bits per heavy atom. The van der Waals surface area contributed by atoms with E-state index < -0.39 is 16.0 Å². The summed E-state index contributed by atoms with van der Waals surface area (Å²) in [6, 6.07) is 1.02. The van der Waals surface area contributed by atoms with Gasteiger partial charge in [-0.3, -0.25) is 0 Å². The summed E-state index contributed by atoms with van der Waals surface area (Å²) in [5.41, 5.74) is -0.144. The zero-order valence-corrected chi connectivity index (χ0v) is 11.8.